The van der Waals surface area contributed by atoms with Crippen LogP contribution in [0.1, 0.15) is 39.9 Å². The smallest absolute Gasteiger partial charge is 0.187 e. The fourth-order valence-electron chi connectivity index (χ4n) is 4.41. The first-order valence-corrected chi connectivity index (χ1v) is 12.1. The summed E-state index contributed by atoms with van der Waals surface area (Å²) in [4.78, 5) is 24.2. The third-order valence-corrected chi connectivity index (χ3v) is 7.31. The quantitative estimate of drug-likeness (QED) is 0.373. The molecular weight excluding hydrogens is 437 g/mol. The zero-order valence-electron chi connectivity index (χ0n) is 18.6. The van der Waals surface area contributed by atoms with Crippen molar-refractivity contribution < 1.29 is 9.18 Å². The molecule has 0 atom stereocenters. The van der Waals surface area contributed by atoms with Gasteiger partial charge in [-0.15, -0.1) is 11.3 Å². The lowest BCUT2D eigenvalue weighted by Gasteiger charge is -2.30. The maximum Gasteiger partial charge on any atom is 0.187 e. The number of ketones is 1. The van der Waals surface area contributed by atoms with E-state index in [4.69, 9.17) is 0 Å². The van der Waals surface area contributed by atoms with Gasteiger partial charge in [-0.3, -0.25) is 14.5 Å². The number of fused-ring (bicyclic) bond motifs is 1. The molecule has 0 unspecified atom stereocenters. The number of thiazole rings is 1. The molecule has 0 bridgehead atoms. The Morgan fingerprint density at radius 2 is 2.00 bits per heavy atom. The highest BCUT2D eigenvalue weighted by Gasteiger charge is 2.24. The summed E-state index contributed by atoms with van der Waals surface area (Å²) < 4.78 is 14.3. The number of likely N-dealkylation sites (tertiary alicyclic amines) is 1. The molecule has 1 aliphatic heterocycles. The first kappa shape index (κ1) is 21.9. The lowest BCUT2D eigenvalue weighted by molar-refractivity contribution is 0.0987. The second-order valence-corrected chi connectivity index (χ2v) is 9.51. The van der Waals surface area contributed by atoms with Gasteiger partial charge in [0.2, 0.25) is 0 Å². The number of piperidine rings is 1. The van der Waals surface area contributed by atoms with Gasteiger partial charge in [0, 0.05) is 53.9 Å². The van der Waals surface area contributed by atoms with E-state index in [0.717, 1.165) is 58.5 Å². The number of aromatic nitrogens is 4. The Morgan fingerprint density at radius 3 is 2.76 bits per heavy atom. The summed E-state index contributed by atoms with van der Waals surface area (Å²) in [6.45, 7) is 1.99. The summed E-state index contributed by atoms with van der Waals surface area (Å²) in [5, 5.41) is 9.22. The molecule has 0 amide bonds. The van der Waals surface area contributed by atoms with Gasteiger partial charge >= 0.3 is 0 Å². The van der Waals surface area contributed by atoms with E-state index in [0.29, 0.717) is 18.2 Å². The summed E-state index contributed by atoms with van der Waals surface area (Å²) in [5.74, 6) is 0.347. The minimum atomic E-state index is -0.297. The number of benzene rings is 1. The Bertz CT molecular complexity index is 1270. The maximum atomic E-state index is 12.9. The summed E-state index contributed by atoms with van der Waals surface area (Å²) in [5.41, 5.74) is 3.40. The van der Waals surface area contributed by atoms with Gasteiger partial charge in [-0.05, 0) is 49.0 Å². The van der Waals surface area contributed by atoms with Crippen molar-refractivity contribution in [2.45, 2.75) is 25.2 Å². The molecule has 0 N–H and O–H groups in total. The zero-order valence-corrected chi connectivity index (χ0v) is 19.4. The molecule has 1 aliphatic rings. The van der Waals surface area contributed by atoms with Crippen LogP contribution in [0.3, 0.4) is 0 Å². The number of hydrogen-bond donors (Lipinski definition) is 0. The highest BCUT2D eigenvalue weighted by molar-refractivity contribution is 7.09. The Labute approximate surface area is 196 Å². The first-order valence-electron chi connectivity index (χ1n) is 11.2. The van der Waals surface area contributed by atoms with E-state index < -0.39 is 0 Å². The van der Waals surface area contributed by atoms with Crippen molar-refractivity contribution in [3.05, 3.63) is 64.6 Å². The Kier molecular flexibility index (Phi) is 6.28. The van der Waals surface area contributed by atoms with E-state index in [1.807, 2.05) is 43.2 Å². The number of rotatable bonds is 7. The summed E-state index contributed by atoms with van der Waals surface area (Å²) >= 11 is 1.56. The van der Waals surface area contributed by atoms with E-state index in [9.17, 15) is 9.18 Å². The van der Waals surface area contributed by atoms with Gasteiger partial charge in [0.15, 0.2) is 5.78 Å². The average Bonchev–Trinajstić information content (AvgIpc) is 3.49. The van der Waals surface area contributed by atoms with Crippen molar-refractivity contribution in [3.63, 3.8) is 0 Å². The molecule has 3 aromatic heterocycles. The SMILES string of the molecule is Cn1cc(-c2ccc3cnc(CC(=O)c4csc(C5CCN(CCF)CC5)n4)cc3c2)cn1. The molecule has 33 heavy (non-hydrogen) atoms. The third kappa shape index (κ3) is 4.86. The topological polar surface area (TPSA) is 63.9 Å². The van der Waals surface area contributed by atoms with Crippen LogP contribution in [-0.4, -0.2) is 56.7 Å². The van der Waals surface area contributed by atoms with Gasteiger partial charge < -0.3 is 4.90 Å². The molecule has 4 aromatic rings. The van der Waals surface area contributed by atoms with Crippen LogP contribution in [0.2, 0.25) is 0 Å². The van der Waals surface area contributed by atoms with E-state index in [1.165, 1.54) is 0 Å². The number of nitrogens with zero attached hydrogens (tertiary/aromatic N) is 5. The van der Waals surface area contributed by atoms with Crippen molar-refractivity contribution in [2.24, 2.45) is 7.05 Å². The summed E-state index contributed by atoms with van der Waals surface area (Å²) in [7, 11) is 1.90. The van der Waals surface area contributed by atoms with Gasteiger partial charge in [0.05, 0.1) is 17.6 Å². The van der Waals surface area contributed by atoms with Crippen LogP contribution in [0.15, 0.2) is 48.2 Å². The minimum absolute atomic E-state index is 0.0115. The van der Waals surface area contributed by atoms with Crippen LogP contribution in [0, 0.1) is 0 Å². The Hall–Kier alpha value is -2.97. The van der Waals surface area contributed by atoms with Gasteiger partial charge in [-0.1, -0.05) is 12.1 Å². The molecule has 0 radical (unpaired) electrons. The van der Waals surface area contributed by atoms with Crippen LogP contribution in [0.4, 0.5) is 4.39 Å². The van der Waals surface area contributed by atoms with Gasteiger partial charge in [-0.25, -0.2) is 9.37 Å². The largest absolute Gasteiger partial charge is 0.301 e. The summed E-state index contributed by atoms with van der Waals surface area (Å²) in [6.07, 6.45) is 7.81. The molecule has 0 spiro atoms. The molecule has 0 saturated carbocycles. The van der Waals surface area contributed by atoms with Gasteiger partial charge in [0.1, 0.15) is 12.4 Å². The maximum absolute atomic E-state index is 12.9. The highest BCUT2D eigenvalue weighted by atomic mass is 32.1. The lowest BCUT2D eigenvalue weighted by atomic mass is 9.97. The van der Waals surface area contributed by atoms with E-state index in [2.05, 4.69) is 32.1 Å². The van der Waals surface area contributed by atoms with E-state index in [1.54, 1.807) is 16.0 Å². The van der Waals surface area contributed by atoms with Crippen LogP contribution in [-0.2, 0) is 13.5 Å². The predicted octanol–water partition coefficient (Wildman–Crippen LogP) is 4.67. The second kappa shape index (κ2) is 9.49. The van der Waals surface area contributed by atoms with Gasteiger partial charge in [-0.2, -0.15) is 5.10 Å². The highest BCUT2D eigenvalue weighted by Crippen LogP contribution is 2.30. The number of carbonyl (C=O) groups excluding carboxylic acids is 1. The Balaban J connectivity index is 1.28. The number of hydrogen-bond acceptors (Lipinski definition) is 6. The van der Waals surface area contributed by atoms with Crippen LogP contribution < -0.4 is 0 Å². The normalized spacial score (nSPS) is 15.3. The number of pyridine rings is 1. The number of aryl methyl sites for hydroxylation is 1. The monoisotopic (exact) mass is 463 g/mol. The fourth-order valence-corrected chi connectivity index (χ4v) is 5.41. The van der Waals surface area contributed by atoms with Crippen LogP contribution >= 0.6 is 11.3 Å². The number of Topliss-reactive ketones (excluding diaryl/α,β-unsaturated/α-hetero) is 1. The molecule has 8 heteroatoms. The minimum Gasteiger partial charge on any atom is -0.301 e. The van der Waals surface area contributed by atoms with Crippen LogP contribution in [0.5, 0.6) is 0 Å². The molecule has 170 valence electrons. The Morgan fingerprint density at radius 1 is 1.15 bits per heavy atom. The number of halogens is 1. The second-order valence-electron chi connectivity index (χ2n) is 8.62. The number of carbonyl (C=O) groups is 1. The van der Waals surface area contributed by atoms with E-state index >= 15 is 0 Å². The standard InChI is InChI=1S/C25H26FN5OS/c1-30-15-21(14-28-30)18-2-3-19-13-27-22(11-20(19)10-18)12-24(32)23-16-33-25(29-23)17-4-7-31(8-5-17)9-6-26/h2-3,10-11,13-17H,4-9,12H2,1H3. The average molecular weight is 464 g/mol. The van der Waals surface area contributed by atoms with Crippen molar-refractivity contribution in [1.29, 1.82) is 0 Å². The molecular formula is C25H26FN5OS. The molecule has 4 heterocycles. The molecule has 1 saturated heterocycles. The number of alkyl halides is 1. The van der Waals surface area contributed by atoms with Gasteiger partial charge in [0.25, 0.3) is 0 Å². The zero-order chi connectivity index (χ0) is 22.8. The molecule has 5 rings (SSSR count). The molecule has 6 nitrogen and oxygen atoms in total. The molecule has 1 aromatic carbocycles. The predicted molar refractivity (Wildman–Crippen MR) is 128 cm³/mol. The molecule has 0 aliphatic carbocycles. The fraction of sp³-hybridized carbons (Fsp3) is 0.360. The van der Waals surface area contributed by atoms with Crippen molar-refractivity contribution >= 4 is 27.9 Å². The van der Waals surface area contributed by atoms with Crippen molar-refractivity contribution in [2.75, 3.05) is 26.3 Å². The third-order valence-electron chi connectivity index (χ3n) is 6.30. The summed E-state index contributed by atoms with van der Waals surface area (Å²) in [6, 6.07) is 8.20. The van der Waals surface area contributed by atoms with Crippen LogP contribution in [0.25, 0.3) is 21.9 Å². The first-order chi connectivity index (χ1) is 16.1. The van der Waals surface area contributed by atoms with Crippen molar-refractivity contribution in [3.8, 4) is 11.1 Å². The lowest BCUT2D eigenvalue weighted by Crippen LogP contribution is -2.34. The van der Waals surface area contributed by atoms with E-state index in [-0.39, 0.29) is 18.9 Å². The molecule has 1 fully saturated rings. The van der Waals surface area contributed by atoms with Crippen molar-refractivity contribution in [1.82, 2.24) is 24.6 Å².